The number of fused-ring (bicyclic) bond motifs is 1. The molecule has 1 aliphatic heterocycles. The first-order valence-corrected chi connectivity index (χ1v) is 15.7. The van der Waals surface area contributed by atoms with Gasteiger partial charge in [-0.15, -0.1) is 0 Å². The van der Waals surface area contributed by atoms with E-state index in [9.17, 15) is 13.6 Å². The summed E-state index contributed by atoms with van der Waals surface area (Å²) in [5.41, 5.74) is 4.72. The van der Waals surface area contributed by atoms with E-state index in [1.165, 1.54) is 6.07 Å². The average Bonchev–Trinajstić information content (AvgIpc) is 3.49. The van der Waals surface area contributed by atoms with Crippen LogP contribution in [0.25, 0.3) is 28.3 Å². The topological polar surface area (TPSA) is 96.7 Å². The van der Waals surface area contributed by atoms with Gasteiger partial charge < -0.3 is 20.3 Å². The lowest BCUT2D eigenvalue weighted by Crippen LogP contribution is -2.35. The second-order valence-electron chi connectivity index (χ2n) is 11.9. The minimum Gasteiger partial charge on any atom is -0.490 e. The monoisotopic (exact) mass is 645 g/mol. The summed E-state index contributed by atoms with van der Waals surface area (Å²) in [5, 5.41) is 5.70. The summed E-state index contributed by atoms with van der Waals surface area (Å²) in [4.78, 5) is 29.6. The van der Waals surface area contributed by atoms with Gasteiger partial charge in [0.25, 0.3) is 5.91 Å². The number of carbonyl (C=O) groups excluding carboxylic acids is 1. The molecule has 4 heterocycles. The third-order valence-electron chi connectivity index (χ3n) is 8.44. The van der Waals surface area contributed by atoms with Gasteiger partial charge in [-0.3, -0.25) is 9.20 Å². The number of ether oxygens (including phenoxy) is 1. The highest BCUT2D eigenvalue weighted by Crippen LogP contribution is 2.33. The predicted octanol–water partition coefficient (Wildman–Crippen LogP) is 7.51. The molecule has 1 fully saturated rings. The van der Waals surface area contributed by atoms with Gasteiger partial charge in [-0.05, 0) is 93.0 Å². The quantitative estimate of drug-likeness (QED) is 0.177. The van der Waals surface area contributed by atoms with Gasteiger partial charge in [0.05, 0.1) is 17.1 Å². The predicted molar refractivity (Wildman–Crippen MR) is 182 cm³/mol. The van der Waals surface area contributed by atoms with Crippen molar-refractivity contribution in [3.05, 3.63) is 120 Å². The molecule has 0 radical (unpaired) electrons. The molecule has 0 aliphatic carbocycles. The number of imidazole rings is 1. The molecule has 0 spiro atoms. The lowest BCUT2D eigenvalue weighted by molar-refractivity contribution is 0.102. The Balaban J connectivity index is 1.17. The van der Waals surface area contributed by atoms with E-state index in [4.69, 9.17) is 14.7 Å². The maximum absolute atomic E-state index is 14.2. The first-order chi connectivity index (χ1) is 23.3. The van der Waals surface area contributed by atoms with Crippen LogP contribution in [0.15, 0.2) is 97.3 Å². The number of para-hydroxylation sites is 1. The average molecular weight is 646 g/mol. The number of nitrogens with zero attached hydrogens (tertiary/aromatic N) is 5. The van der Waals surface area contributed by atoms with Crippen LogP contribution in [-0.4, -0.2) is 56.4 Å². The Hall–Kier alpha value is -5.68. The third kappa shape index (κ3) is 6.45. The van der Waals surface area contributed by atoms with Gasteiger partial charge in [0.2, 0.25) is 5.95 Å². The van der Waals surface area contributed by atoms with Gasteiger partial charge >= 0.3 is 0 Å². The van der Waals surface area contributed by atoms with Crippen molar-refractivity contribution >= 4 is 28.9 Å². The molecule has 48 heavy (non-hydrogen) atoms. The number of anilines is 3. The van der Waals surface area contributed by atoms with Crippen molar-refractivity contribution in [2.75, 3.05) is 30.8 Å². The number of nitrogens with one attached hydrogen (secondary N) is 2. The van der Waals surface area contributed by atoms with Crippen LogP contribution in [0.1, 0.15) is 28.8 Å². The van der Waals surface area contributed by atoms with Crippen molar-refractivity contribution in [1.29, 1.82) is 0 Å². The number of benzene rings is 3. The van der Waals surface area contributed by atoms with Crippen LogP contribution in [0, 0.1) is 18.6 Å². The molecule has 1 saturated heterocycles. The van der Waals surface area contributed by atoms with Crippen molar-refractivity contribution in [3.8, 4) is 28.4 Å². The summed E-state index contributed by atoms with van der Waals surface area (Å²) in [5.74, 6) is -1.13. The highest BCUT2D eigenvalue weighted by molar-refractivity contribution is 6.05. The molecule has 242 valence electrons. The van der Waals surface area contributed by atoms with Crippen LogP contribution in [0.3, 0.4) is 0 Å². The molecular weight excluding hydrogens is 612 g/mol. The van der Waals surface area contributed by atoms with E-state index in [0.29, 0.717) is 34.2 Å². The molecular formula is C37H33F2N7O2. The van der Waals surface area contributed by atoms with E-state index in [-0.39, 0.29) is 11.7 Å². The molecule has 7 rings (SSSR count). The fourth-order valence-electron chi connectivity index (χ4n) is 5.87. The normalized spacial score (nSPS) is 13.8. The van der Waals surface area contributed by atoms with Gasteiger partial charge in [-0.25, -0.2) is 23.7 Å². The lowest BCUT2D eigenvalue weighted by atomic mass is 10.0. The molecule has 3 aromatic heterocycles. The summed E-state index contributed by atoms with van der Waals surface area (Å²) in [7, 11) is 2.13. The zero-order valence-electron chi connectivity index (χ0n) is 26.5. The van der Waals surface area contributed by atoms with Crippen LogP contribution >= 0.6 is 0 Å². The number of aromatic nitrogens is 4. The second kappa shape index (κ2) is 13.2. The second-order valence-corrected chi connectivity index (χ2v) is 11.9. The van der Waals surface area contributed by atoms with E-state index in [0.717, 1.165) is 55.1 Å². The fourth-order valence-corrected chi connectivity index (χ4v) is 5.87. The highest BCUT2D eigenvalue weighted by atomic mass is 19.1. The maximum atomic E-state index is 14.2. The van der Waals surface area contributed by atoms with E-state index in [1.54, 1.807) is 30.5 Å². The number of pyridine rings is 1. The number of aryl methyl sites for hydroxylation is 1. The molecule has 0 atom stereocenters. The number of rotatable bonds is 8. The van der Waals surface area contributed by atoms with Gasteiger partial charge in [0.1, 0.15) is 34.8 Å². The van der Waals surface area contributed by atoms with Gasteiger partial charge in [0.15, 0.2) is 0 Å². The van der Waals surface area contributed by atoms with Crippen molar-refractivity contribution in [3.63, 3.8) is 0 Å². The lowest BCUT2D eigenvalue weighted by Gasteiger charge is -2.29. The number of amides is 1. The summed E-state index contributed by atoms with van der Waals surface area (Å²) in [6.45, 7) is 4.07. The van der Waals surface area contributed by atoms with Gasteiger partial charge in [0, 0.05) is 42.3 Å². The number of likely N-dealkylation sites (tertiary alicyclic amines) is 1. The standard InChI is InChI=1S/C37H33F2N7O2/c1-23-21-27(48-26-15-19-45(2)20-16-26)12-13-30(23)41-37-40-17-14-31(42-37)35-33(43-32-11-3-4-18-46(32)35)24-7-5-8-25(22-24)36(47)44-34-28(38)9-6-10-29(34)39/h3-14,17-18,21-22,26H,15-16,19-20H2,1-2H3,(H,44,47)(H,40,41,42). The Labute approximate surface area is 276 Å². The molecule has 11 heteroatoms. The van der Waals surface area contributed by atoms with Crippen molar-refractivity contribution in [2.24, 2.45) is 0 Å². The van der Waals surface area contributed by atoms with Gasteiger partial charge in [-0.2, -0.15) is 0 Å². The first kappa shape index (κ1) is 30.9. The molecule has 1 amide bonds. The number of halogens is 2. The SMILES string of the molecule is Cc1cc(OC2CCN(C)CC2)ccc1Nc1nccc(-c2c(-c3cccc(C(=O)Nc4c(F)cccc4F)c3)nc3ccccn23)n1. The number of carbonyl (C=O) groups is 1. The van der Waals surface area contributed by atoms with Crippen LogP contribution < -0.4 is 15.4 Å². The van der Waals surface area contributed by atoms with Crippen molar-refractivity contribution in [2.45, 2.75) is 25.9 Å². The highest BCUT2D eigenvalue weighted by Gasteiger charge is 2.21. The number of hydrogen-bond acceptors (Lipinski definition) is 7. The van der Waals surface area contributed by atoms with Crippen molar-refractivity contribution in [1.82, 2.24) is 24.3 Å². The zero-order chi connectivity index (χ0) is 33.2. The molecule has 3 aromatic carbocycles. The fraction of sp³-hybridized carbons (Fsp3) is 0.189. The summed E-state index contributed by atoms with van der Waals surface area (Å²) >= 11 is 0. The smallest absolute Gasteiger partial charge is 0.255 e. The molecule has 0 saturated carbocycles. The minimum atomic E-state index is -0.859. The Morgan fingerprint density at radius 3 is 2.50 bits per heavy atom. The van der Waals surface area contributed by atoms with E-state index in [1.807, 2.05) is 60.0 Å². The Morgan fingerprint density at radius 2 is 1.71 bits per heavy atom. The number of piperidine rings is 1. The van der Waals surface area contributed by atoms with Gasteiger partial charge in [-0.1, -0.05) is 24.3 Å². The first-order valence-electron chi connectivity index (χ1n) is 15.7. The van der Waals surface area contributed by atoms with E-state index in [2.05, 4.69) is 27.6 Å². The van der Waals surface area contributed by atoms with Crippen molar-refractivity contribution < 1.29 is 18.3 Å². The van der Waals surface area contributed by atoms with E-state index >= 15 is 0 Å². The Morgan fingerprint density at radius 1 is 0.917 bits per heavy atom. The van der Waals surface area contributed by atoms with E-state index < -0.39 is 23.2 Å². The summed E-state index contributed by atoms with van der Waals surface area (Å²) in [6, 6.07) is 23.6. The number of hydrogen-bond donors (Lipinski definition) is 2. The van der Waals surface area contributed by atoms with Crippen LogP contribution in [-0.2, 0) is 0 Å². The summed E-state index contributed by atoms with van der Waals surface area (Å²) < 4.78 is 36.7. The summed E-state index contributed by atoms with van der Waals surface area (Å²) in [6.07, 6.45) is 5.79. The minimum absolute atomic E-state index is 0.210. The van der Waals surface area contributed by atoms with Crippen LogP contribution in [0.2, 0.25) is 0 Å². The maximum Gasteiger partial charge on any atom is 0.255 e. The molecule has 6 aromatic rings. The molecule has 0 bridgehead atoms. The Kier molecular flexibility index (Phi) is 8.51. The third-order valence-corrected chi connectivity index (χ3v) is 8.44. The molecule has 2 N–H and O–H groups in total. The molecule has 9 nitrogen and oxygen atoms in total. The largest absolute Gasteiger partial charge is 0.490 e. The van der Waals surface area contributed by atoms with Crippen LogP contribution in [0.4, 0.5) is 26.1 Å². The zero-order valence-corrected chi connectivity index (χ0v) is 26.5. The Bertz CT molecular complexity index is 2110. The molecule has 1 aliphatic rings. The van der Waals surface area contributed by atoms with Crippen LogP contribution in [0.5, 0.6) is 5.75 Å². The molecule has 0 unspecified atom stereocenters.